The van der Waals surface area contributed by atoms with E-state index >= 15 is 0 Å². The summed E-state index contributed by atoms with van der Waals surface area (Å²) in [5, 5.41) is 24.0. The van der Waals surface area contributed by atoms with Crippen molar-refractivity contribution in [3.05, 3.63) is 72.8 Å². The number of ether oxygens (including phenoxy) is 1. The molecule has 1 atom stereocenters. The van der Waals surface area contributed by atoms with E-state index in [0.29, 0.717) is 34.2 Å². The second-order valence-electron chi connectivity index (χ2n) is 10.6. The molecule has 42 heavy (non-hydrogen) atoms. The monoisotopic (exact) mass is 565 g/mol. The lowest BCUT2D eigenvalue weighted by molar-refractivity contribution is -0.144. The zero-order valence-electron chi connectivity index (χ0n) is 23.6. The van der Waals surface area contributed by atoms with Crippen molar-refractivity contribution in [2.75, 3.05) is 43.1 Å². The third-order valence-corrected chi connectivity index (χ3v) is 7.57. The Bertz CT molecular complexity index is 1710. The quantitative estimate of drug-likeness (QED) is 0.276. The van der Waals surface area contributed by atoms with Crippen LogP contribution in [0.5, 0.6) is 5.75 Å². The van der Waals surface area contributed by atoms with E-state index in [1.54, 1.807) is 30.6 Å². The second-order valence-corrected chi connectivity index (χ2v) is 10.6. The number of aromatic nitrogens is 5. The van der Waals surface area contributed by atoms with Crippen molar-refractivity contribution in [3.63, 3.8) is 0 Å². The number of methoxy groups -OCH3 is 1. The third-order valence-electron chi connectivity index (χ3n) is 7.57. The van der Waals surface area contributed by atoms with Crippen LogP contribution in [0.1, 0.15) is 25.5 Å². The number of benzene rings is 2. The molecule has 0 saturated carbocycles. The highest BCUT2D eigenvalue weighted by Gasteiger charge is 2.29. The van der Waals surface area contributed by atoms with Crippen molar-refractivity contribution >= 4 is 28.5 Å². The Morgan fingerprint density at radius 3 is 2.38 bits per heavy atom. The number of esters is 1. The Kier molecular flexibility index (Phi) is 7.39. The largest absolute Gasteiger partial charge is 0.507 e. The van der Waals surface area contributed by atoms with Crippen LogP contribution in [-0.4, -0.2) is 69.7 Å². The normalized spacial score (nSPS) is 14.4. The fraction of sp³-hybridized carbons (Fsp3) is 0.290. The smallest absolute Gasteiger partial charge is 0.316 e. The van der Waals surface area contributed by atoms with Crippen LogP contribution in [0.3, 0.4) is 0 Å². The fourth-order valence-electron chi connectivity index (χ4n) is 5.25. The highest BCUT2D eigenvalue weighted by atomic mass is 16.5. The number of phenolic OH excluding ortho intramolecular Hbond substituents is 1. The van der Waals surface area contributed by atoms with Gasteiger partial charge in [0.05, 0.1) is 18.3 Å². The molecule has 11 nitrogen and oxygen atoms in total. The molecular formula is C31H31N7O4. The number of nitrogens with zero attached hydrogens (tertiary/aromatic N) is 7. The molecular weight excluding hydrogens is 534 g/mol. The zero-order valence-corrected chi connectivity index (χ0v) is 23.6. The minimum Gasteiger partial charge on any atom is -0.507 e. The van der Waals surface area contributed by atoms with Gasteiger partial charge in [0.2, 0.25) is 5.95 Å². The predicted octanol–water partition coefficient (Wildman–Crippen LogP) is 4.69. The number of piperazine rings is 1. The summed E-state index contributed by atoms with van der Waals surface area (Å²) in [6.45, 7) is 7.00. The Morgan fingerprint density at radius 1 is 0.929 bits per heavy atom. The number of carbonyl (C=O) groups is 1. The zero-order chi connectivity index (χ0) is 29.2. The van der Waals surface area contributed by atoms with E-state index in [1.807, 2.05) is 38.1 Å². The Hall–Kier alpha value is -5.06. The van der Waals surface area contributed by atoms with E-state index < -0.39 is 5.92 Å². The van der Waals surface area contributed by atoms with E-state index in [-0.39, 0.29) is 17.6 Å². The number of hydrogen-bond acceptors (Lipinski definition) is 11. The average Bonchev–Trinajstić information content (AvgIpc) is 3.50. The molecule has 0 spiro atoms. The van der Waals surface area contributed by atoms with Crippen LogP contribution in [0.4, 0.5) is 11.6 Å². The maximum absolute atomic E-state index is 12.2. The molecule has 4 heterocycles. The molecule has 0 radical (unpaired) electrons. The summed E-state index contributed by atoms with van der Waals surface area (Å²) < 4.78 is 10.4. The highest BCUT2D eigenvalue weighted by molar-refractivity contribution is 5.86. The van der Waals surface area contributed by atoms with Crippen LogP contribution in [0.2, 0.25) is 0 Å². The van der Waals surface area contributed by atoms with Crippen molar-refractivity contribution in [1.29, 1.82) is 0 Å². The van der Waals surface area contributed by atoms with Crippen LogP contribution in [0, 0.1) is 5.92 Å². The van der Waals surface area contributed by atoms with Crippen LogP contribution < -0.4 is 9.80 Å². The van der Waals surface area contributed by atoms with Gasteiger partial charge < -0.3 is 24.2 Å². The minimum atomic E-state index is -0.525. The SMILES string of the molecule is COC(=O)C(c1cc(-c2cnc(N3CCN(c4ccc5nnc(-c6ccccc6O)cc5c4)CC3)nc2)no1)C(C)C. The van der Waals surface area contributed by atoms with E-state index in [1.165, 1.54) is 7.11 Å². The Morgan fingerprint density at radius 2 is 1.67 bits per heavy atom. The van der Waals surface area contributed by atoms with Gasteiger partial charge in [-0.25, -0.2) is 9.97 Å². The van der Waals surface area contributed by atoms with Crippen molar-refractivity contribution in [2.24, 2.45) is 5.92 Å². The van der Waals surface area contributed by atoms with E-state index in [4.69, 9.17) is 9.26 Å². The van der Waals surface area contributed by atoms with Gasteiger partial charge in [0.25, 0.3) is 0 Å². The first-order valence-corrected chi connectivity index (χ1v) is 13.8. The molecule has 1 saturated heterocycles. The van der Waals surface area contributed by atoms with Gasteiger partial charge in [-0.2, -0.15) is 0 Å². The maximum atomic E-state index is 12.2. The molecule has 0 bridgehead atoms. The summed E-state index contributed by atoms with van der Waals surface area (Å²) in [6, 6.07) is 17.0. The summed E-state index contributed by atoms with van der Waals surface area (Å²) in [4.78, 5) is 25.9. The molecule has 1 N–H and O–H groups in total. The second kappa shape index (κ2) is 11.4. The summed E-state index contributed by atoms with van der Waals surface area (Å²) in [6.07, 6.45) is 3.46. The Balaban J connectivity index is 1.12. The van der Waals surface area contributed by atoms with Crippen LogP contribution in [-0.2, 0) is 9.53 Å². The van der Waals surface area contributed by atoms with E-state index in [2.05, 4.69) is 47.3 Å². The van der Waals surface area contributed by atoms with Crippen LogP contribution in [0.15, 0.2) is 71.5 Å². The molecule has 1 aliphatic rings. The molecule has 1 fully saturated rings. The standard InChI is InChI=1S/C31H31N7O4/c1-19(2)29(30(40)41-3)28-16-25(36-42-28)21-17-32-31(33-18-21)38-12-10-37(11-13-38)22-8-9-24-20(14-22)15-26(35-34-24)23-6-4-5-7-27(23)39/h4-9,14-19,29,39H,10-13H2,1-3H3. The topological polar surface area (TPSA) is 131 Å². The lowest BCUT2D eigenvalue weighted by atomic mass is 9.93. The van der Waals surface area contributed by atoms with Crippen LogP contribution in [0.25, 0.3) is 33.4 Å². The number of carbonyl (C=O) groups excluding carboxylic acids is 1. The van der Waals surface area contributed by atoms with Gasteiger partial charge in [-0.15, -0.1) is 10.2 Å². The van der Waals surface area contributed by atoms with Gasteiger partial charge in [0.1, 0.15) is 17.4 Å². The van der Waals surface area contributed by atoms with Gasteiger partial charge in [-0.05, 0) is 42.3 Å². The molecule has 3 aromatic heterocycles. The molecule has 0 amide bonds. The molecule has 6 rings (SSSR count). The number of hydrogen-bond donors (Lipinski definition) is 1. The van der Waals surface area contributed by atoms with Gasteiger partial charge in [0, 0.05) is 66.8 Å². The summed E-state index contributed by atoms with van der Waals surface area (Å²) >= 11 is 0. The number of aromatic hydroxyl groups is 1. The van der Waals surface area contributed by atoms with Gasteiger partial charge in [0.15, 0.2) is 5.76 Å². The first-order chi connectivity index (χ1) is 20.4. The third kappa shape index (κ3) is 5.32. The predicted molar refractivity (Wildman–Crippen MR) is 158 cm³/mol. The maximum Gasteiger partial charge on any atom is 0.316 e. The molecule has 1 unspecified atom stereocenters. The van der Waals surface area contributed by atoms with Crippen molar-refractivity contribution in [1.82, 2.24) is 25.3 Å². The fourth-order valence-corrected chi connectivity index (χ4v) is 5.25. The van der Waals surface area contributed by atoms with Crippen LogP contribution >= 0.6 is 0 Å². The summed E-state index contributed by atoms with van der Waals surface area (Å²) in [7, 11) is 1.37. The van der Waals surface area contributed by atoms with E-state index in [0.717, 1.165) is 42.8 Å². The molecule has 2 aromatic carbocycles. The molecule has 11 heteroatoms. The van der Waals surface area contributed by atoms with E-state index in [9.17, 15) is 9.90 Å². The van der Waals surface area contributed by atoms with Gasteiger partial charge >= 0.3 is 5.97 Å². The highest BCUT2D eigenvalue weighted by Crippen LogP contribution is 2.31. The number of para-hydroxylation sites is 1. The van der Waals surface area contributed by atoms with Crippen molar-refractivity contribution < 1.29 is 19.2 Å². The number of phenols is 1. The van der Waals surface area contributed by atoms with Crippen molar-refractivity contribution in [3.8, 4) is 28.3 Å². The summed E-state index contributed by atoms with van der Waals surface area (Å²) in [5.41, 5.74) is 4.47. The lowest BCUT2D eigenvalue weighted by Gasteiger charge is -2.36. The molecule has 0 aliphatic carbocycles. The average molecular weight is 566 g/mol. The van der Waals surface area contributed by atoms with Gasteiger partial charge in [-0.3, -0.25) is 4.79 Å². The van der Waals surface area contributed by atoms with Crippen molar-refractivity contribution in [2.45, 2.75) is 19.8 Å². The number of rotatable bonds is 7. The molecule has 5 aromatic rings. The number of fused-ring (bicyclic) bond motifs is 1. The molecule has 214 valence electrons. The lowest BCUT2D eigenvalue weighted by Crippen LogP contribution is -2.47. The van der Waals surface area contributed by atoms with Gasteiger partial charge in [-0.1, -0.05) is 31.1 Å². The first kappa shape index (κ1) is 27.1. The summed E-state index contributed by atoms with van der Waals surface area (Å²) in [5.74, 6) is 0.411. The first-order valence-electron chi connectivity index (χ1n) is 13.8. The Labute approximate surface area is 242 Å². The number of anilines is 2. The minimum absolute atomic E-state index is 0.0000539. The molecule has 1 aliphatic heterocycles.